The molecule has 1 amide bonds. The molecule has 0 aliphatic carbocycles. The summed E-state index contributed by atoms with van der Waals surface area (Å²) < 4.78 is 14.0. The lowest BCUT2D eigenvalue weighted by atomic mass is 10.1. The van der Waals surface area contributed by atoms with Gasteiger partial charge in [-0.1, -0.05) is 15.9 Å². The molecule has 1 aromatic carbocycles. The number of hydrogen-bond acceptors (Lipinski definition) is 3. The van der Waals surface area contributed by atoms with Gasteiger partial charge in [-0.15, -0.1) is 0 Å². The lowest BCUT2D eigenvalue weighted by molar-refractivity contribution is 0.102. The van der Waals surface area contributed by atoms with Crippen LogP contribution in [-0.2, 0) is 0 Å². The summed E-state index contributed by atoms with van der Waals surface area (Å²) in [5, 5.41) is 2.44. The molecule has 92 valence electrons. The van der Waals surface area contributed by atoms with Crippen molar-refractivity contribution < 1.29 is 9.18 Å². The van der Waals surface area contributed by atoms with Gasteiger partial charge in [0.15, 0.2) is 5.82 Å². The third-order valence-electron chi connectivity index (χ3n) is 2.28. The smallest absolute Gasteiger partial charge is 0.257 e. The highest BCUT2D eigenvalue weighted by molar-refractivity contribution is 9.10. The highest BCUT2D eigenvalue weighted by atomic mass is 79.9. The van der Waals surface area contributed by atoms with Crippen LogP contribution in [0.5, 0.6) is 0 Å². The molecule has 0 atom stereocenters. The van der Waals surface area contributed by atoms with Gasteiger partial charge in [-0.3, -0.25) is 9.78 Å². The van der Waals surface area contributed by atoms with Crippen LogP contribution in [0.25, 0.3) is 0 Å². The molecule has 6 heteroatoms. The Morgan fingerprint density at radius 1 is 1.39 bits per heavy atom. The maximum absolute atomic E-state index is 13.3. The summed E-state index contributed by atoms with van der Waals surface area (Å²) >= 11 is 3.24. The monoisotopic (exact) mass is 309 g/mol. The Balaban J connectivity index is 2.28. The van der Waals surface area contributed by atoms with Crippen molar-refractivity contribution in [2.75, 3.05) is 11.1 Å². The minimum atomic E-state index is -0.598. The average molecular weight is 310 g/mol. The standard InChI is InChI=1S/C12H9BrFN3O/c13-7-1-2-10(15)8(5-7)12(18)17-11-3-4-16-6-9(11)14/h1-6H,15H2,(H,16,17,18). The second kappa shape index (κ2) is 5.14. The minimum Gasteiger partial charge on any atom is -0.398 e. The van der Waals surface area contributed by atoms with Crippen molar-refractivity contribution >= 4 is 33.2 Å². The third kappa shape index (κ3) is 2.65. The van der Waals surface area contributed by atoms with E-state index in [0.29, 0.717) is 5.69 Å². The van der Waals surface area contributed by atoms with Crippen LogP contribution in [0.4, 0.5) is 15.8 Å². The average Bonchev–Trinajstić information content (AvgIpc) is 2.35. The first-order valence-electron chi connectivity index (χ1n) is 5.04. The van der Waals surface area contributed by atoms with E-state index in [0.717, 1.165) is 10.7 Å². The largest absolute Gasteiger partial charge is 0.398 e. The Bertz CT molecular complexity index is 604. The summed E-state index contributed by atoms with van der Waals surface area (Å²) in [7, 11) is 0. The molecule has 0 aliphatic rings. The molecule has 3 N–H and O–H groups in total. The zero-order valence-corrected chi connectivity index (χ0v) is 10.7. The molecule has 0 spiro atoms. The minimum absolute atomic E-state index is 0.0642. The molecule has 0 saturated heterocycles. The number of rotatable bonds is 2. The van der Waals surface area contributed by atoms with Crippen molar-refractivity contribution in [3.8, 4) is 0 Å². The van der Waals surface area contributed by atoms with Crippen molar-refractivity contribution in [2.24, 2.45) is 0 Å². The predicted molar refractivity (Wildman–Crippen MR) is 70.7 cm³/mol. The fourth-order valence-corrected chi connectivity index (χ4v) is 1.75. The van der Waals surface area contributed by atoms with E-state index in [4.69, 9.17) is 5.73 Å². The van der Waals surface area contributed by atoms with Gasteiger partial charge in [-0.05, 0) is 24.3 Å². The lowest BCUT2D eigenvalue weighted by Gasteiger charge is -2.08. The Morgan fingerprint density at radius 3 is 2.89 bits per heavy atom. The normalized spacial score (nSPS) is 10.1. The third-order valence-corrected chi connectivity index (χ3v) is 2.77. The molecule has 0 fully saturated rings. The lowest BCUT2D eigenvalue weighted by Crippen LogP contribution is -2.15. The number of amides is 1. The second-order valence-corrected chi connectivity index (χ2v) is 4.46. The van der Waals surface area contributed by atoms with Crippen LogP contribution in [0, 0.1) is 5.82 Å². The Morgan fingerprint density at radius 2 is 2.17 bits per heavy atom. The molecule has 4 nitrogen and oxygen atoms in total. The van der Waals surface area contributed by atoms with E-state index in [1.54, 1.807) is 18.2 Å². The van der Waals surface area contributed by atoms with E-state index in [1.807, 2.05) is 0 Å². The molecule has 2 aromatic rings. The molecule has 2 rings (SSSR count). The van der Waals surface area contributed by atoms with Crippen molar-refractivity contribution in [3.63, 3.8) is 0 Å². The number of benzene rings is 1. The number of hydrogen-bond donors (Lipinski definition) is 2. The molecule has 1 heterocycles. The van der Waals surface area contributed by atoms with Gasteiger partial charge >= 0.3 is 0 Å². The highest BCUT2D eigenvalue weighted by Crippen LogP contribution is 2.20. The molecule has 0 bridgehead atoms. The van der Waals surface area contributed by atoms with Gasteiger partial charge < -0.3 is 11.1 Å². The number of carbonyl (C=O) groups excluding carboxylic acids is 1. The molecule has 0 unspecified atom stereocenters. The Kier molecular flexibility index (Phi) is 3.57. The van der Waals surface area contributed by atoms with Gasteiger partial charge in [0.25, 0.3) is 5.91 Å². The maximum atomic E-state index is 13.3. The van der Waals surface area contributed by atoms with Crippen LogP contribution in [0.2, 0.25) is 0 Å². The molecule has 18 heavy (non-hydrogen) atoms. The SMILES string of the molecule is Nc1ccc(Br)cc1C(=O)Nc1ccncc1F. The summed E-state index contributed by atoms with van der Waals surface area (Å²) in [6.07, 6.45) is 2.42. The number of nitrogens with zero attached hydrogens (tertiary/aromatic N) is 1. The van der Waals surface area contributed by atoms with Crippen LogP contribution in [-0.4, -0.2) is 10.9 Å². The first-order chi connectivity index (χ1) is 8.58. The summed E-state index contributed by atoms with van der Waals surface area (Å²) in [5.41, 5.74) is 6.36. The van der Waals surface area contributed by atoms with Crippen LogP contribution < -0.4 is 11.1 Å². The van der Waals surface area contributed by atoms with E-state index < -0.39 is 11.7 Å². The van der Waals surface area contributed by atoms with Gasteiger partial charge in [0.05, 0.1) is 17.4 Å². The number of nitrogens with two attached hydrogens (primary N) is 1. The first kappa shape index (κ1) is 12.5. The van der Waals surface area contributed by atoms with E-state index in [-0.39, 0.29) is 11.3 Å². The number of nitrogen functional groups attached to an aromatic ring is 1. The first-order valence-corrected chi connectivity index (χ1v) is 5.83. The predicted octanol–water partition coefficient (Wildman–Crippen LogP) is 2.82. The van der Waals surface area contributed by atoms with Crippen LogP contribution in [0.1, 0.15) is 10.4 Å². The van der Waals surface area contributed by atoms with E-state index >= 15 is 0 Å². The topological polar surface area (TPSA) is 68.0 Å². The summed E-state index contributed by atoms with van der Waals surface area (Å²) in [5.74, 6) is -1.07. The molecular formula is C12H9BrFN3O. The number of carbonyl (C=O) groups is 1. The molecule has 0 aliphatic heterocycles. The zero-order valence-electron chi connectivity index (χ0n) is 9.15. The number of nitrogens with one attached hydrogen (secondary N) is 1. The zero-order chi connectivity index (χ0) is 13.1. The fraction of sp³-hybridized carbons (Fsp3) is 0. The van der Waals surface area contributed by atoms with E-state index in [1.165, 1.54) is 12.3 Å². The summed E-state index contributed by atoms with van der Waals surface area (Å²) in [6.45, 7) is 0. The van der Waals surface area contributed by atoms with Crippen molar-refractivity contribution in [3.05, 3.63) is 52.5 Å². The van der Waals surface area contributed by atoms with E-state index in [2.05, 4.69) is 26.2 Å². The quantitative estimate of drug-likeness (QED) is 0.838. The number of halogens is 2. The van der Waals surface area contributed by atoms with Crippen molar-refractivity contribution in [2.45, 2.75) is 0 Å². The van der Waals surface area contributed by atoms with Gasteiger partial charge in [-0.25, -0.2) is 4.39 Å². The van der Waals surface area contributed by atoms with E-state index in [9.17, 15) is 9.18 Å². The summed E-state index contributed by atoms with van der Waals surface area (Å²) in [6, 6.07) is 6.27. The van der Waals surface area contributed by atoms with Gasteiger partial charge in [0.2, 0.25) is 0 Å². The fourth-order valence-electron chi connectivity index (χ4n) is 1.39. The number of anilines is 2. The second-order valence-electron chi connectivity index (χ2n) is 3.54. The molecule has 1 aromatic heterocycles. The molecule has 0 radical (unpaired) electrons. The van der Waals surface area contributed by atoms with Crippen molar-refractivity contribution in [1.82, 2.24) is 4.98 Å². The molecule has 0 saturated carbocycles. The van der Waals surface area contributed by atoms with Crippen LogP contribution in [0.15, 0.2) is 41.1 Å². The van der Waals surface area contributed by atoms with Gasteiger partial charge in [-0.2, -0.15) is 0 Å². The Labute approximate surface area is 111 Å². The number of pyridine rings is 1. The maximum Gasteiger partial charge on any atom is 0.257 e. The summed E-state index contributed by atoms with van der Waals surface area (Å²) in [4.78, 5) is 15.5. The number of aromatic nitrogens is 1. The van der Waals surface area contributed by atoms with Gasteiger partial charge in [0, 0.05) is 16.4 Å². The highest BCUT2D eigenvalue weighted by Gasteiger charge is 2.12. The molecular weight excluding hydrogens is 301 g/mol. The van der Waals surface area contributed by atoms with Crippen LogP contribution in [0.3, 0.4) is 0 Å². The van der Waals surface area contributed by atoms with Crippen molar-refractivity contribution in [1.29, 1.82) is 0 Å². The Hall–Kier alpha value is -1.95. The van der Waals surface area contributed by atoms with Crippen LogP contribution >= 0.6 is 15.9 Å². The van der Waals surface area contributed by atoms with Gasteiger partial charge in [0.1, 0.15) is 0 Å².